The molecule has 6 N–H and O–H groups in total. The van der Waals surface area contributed by atoms with E-state index in [-0.39, 0.29) is 12.4 Å². The lowest BCUT2D eigenvalue weighted by Crippen LogP contribution is -2.49. The summed E-state index contributed by atoms with van der Waals surface area (Å²) in [6.45, 7) is 0.895. The minimum absolute atomic E-state index is 0.0780. The average Bonchev–Trinajstić information content (AvgIpc) is 2.72. The monoisotopic (exact) mass is 388 g/mol. The van der Waals surface area contributed by atoms with E-state index in [1.807, 2.05) is 0 Å². The molecule has 0 aliphatic heterocycles. The van der Waals surface area contributed by atoms with Crippen molar-refractivity contribution in [3.05, 3.63) is 53.7 Å². The number of aliphatic imine (C=N–C) groups is 1. The van der Waals surface area contributed by atoms with E-state index in [9.17, 15) is 9.50 Å². The lowest BCUT2D eigenvalue weighted by molar-refractivity contribution is 0.0570. The number of aromatic nitrogens is 1. The number of amidine groups is 1. The van der Waals surface area contributed by atoms with Crippen LogP contribution in [0.4, 0.5) is 15.9 Å². The van der Waals surface area contributed by atoms with E-state index in [0.717, 1.165) is 17.0 Å². The van der Waals surface area contributed by atoms with Gasteiger partial charge in [-0.2, -0.15) is 0 Å². The minimum atomic E-state index is -0.766. The third-order valence-corrected chi connectivity index (χ3v) is 3.88. The van der Waals surface area contributed by atoms with Crippen LogP contribution in [0.2, 0.25) is 0 Å². The van der Waals surface area contributed by atoms with E-state index in [1.54, 1.807) is 56.6 Å². The molecule has 2 rings (SSSR count). The first-order chi connectivity index (χ1) is 13.5. The molecule has 150 valence electrons. The number of aliphatic hydroxyl groups is 1. The maximum Gasteiger partial charge on any atom is 0.169 e. The summed E-state index contributed by atoms with van der Waals surface area (Å²) in [7, 11) is 1.58. The molecule has 0 bridgehead atoms. The summed E-state index contributed by atoms with van der Waals surface area (Å²) in [4.78, 5) is 10.2. The SMILES string of the molecule is CNN(CF)N[C@@H](C)/N=C(/c1cccnc1N)N(C=N)c1ccc(CO)cc1. The Labute approximate surface area is 163 Å². The molecule has 0 radical (unpaired) electrons. The fourth-order valence-corrected chi connectivity index (χ4v) is 2.48. The average molecular weight is 388 g/mol. The van der Waals surface area contributed by atoms with Crippen molar-refractivity contribution in [1.29, 1.82) is 5.41 Å². The first kappa shape index (κ1) is 21.4. The first-order valence-electron chi connectivity index (χ1n) is 8.59. The summed E-state index contributed by atoms with van der Waals surface area (Å²) in [6.07, 6.45) is 2.13. The molecule has 0 aliphatic rings. The lowest BCUT2D eigenvalue weighted by Gasteiger charge is -2.26. The molecule has 1 aromatic heterocycles. The van der Waals surface area contributed by atoms with Gasteiger partial charge in [0, 0.05) is 18.9 Å². The number of hydrazine groups is 2. The Hall–Kier alpha value is -2.92. The van der Waals surface area contributed by atoms with Gasteiger partial charge in [-0.1, -0.05) is 12.1 Å². The zero-order valence-electron chi connectivity index (χ0n) is 15.8. The molecular weight excluding hydrogens is 363 g/mol. The van der Waals surface area contributed by atoms with Crippen molar-refractivity contribution < 1.29 is 9.50 Å². The van der Waals surface area contributed by atoms with Gasteiger partial charge >= 0.3 is 0 Å². The van der Waals surface area contributed by atoms with Gasteiger partial charge in [0.15, 0.2) is 6.80 Å². The Kier molecular flexibility index (Phi) is 7.96. The molecule has 0 fully saturated rings. The zero-order chi connectivity index (χ0) is 20.5. The van der Waals surface area contributed by atoms with Crippen LogP contribution in [-0.4, -0.2) is 47.4 Å². The van der Waals surface area contributed by atoms with Crippen LogP contribution >= 0.6 is 0 Å². The molecule has 0 saturated heterocycles. The predicted molar refractivity (Wildman–Crippen MR) is 108 cm³/mol. The molecule has 10 heteroatoms. The fraction of sp³-hybridized carbons (Fsp3) is 0.278. The van der Waals surface area contributed by atoms with Crippen LogP contribution in [0.15, 0.2) is 47.6 Å². The molecule has 28 heavy (non-hydrogen) atoms. The Bertz CT molecular complexity index is 794. The highest BCUT2D eigenvalue weighted by molar-refractivity contribution is 6.20. The molecule has 1 atom stereocenters. The topological polar surface area (TPSA) is 126 Å². The molecule has 0 amide bonds. The number of alkyl halides is 1. The predicted octanol–water partition coefficient (Wildman–Crippen LogP) is 1.23. The highest BCUT2D eigenvalue weighted by Crippen LogP contribution is 2.20. The third-order valence-electron chi connectivity index (χ3n) is 3.88. The molecule has 9 nitrogen and oxygen atoms in total. The van der Waals surface area contributed by atoms with Gasteiger partial charge in [0.1, 0.15) is 17.8 Å². The highest BCUT2D eigenvalue weighted by atomic mass is 19.1. The number of aliphatic hydroxyl groups excluding tert-OH is 1. The van der Waals surface area contributed by atoms with Crippen molar-refractivity contribution in [3.63, 3.8) is 0 Å². The van der Waals surface area contributed by atoms with Crippen LogP contribution in [0.3, 0.4) is 0 Å². The zero-order valence-corrected chi connectivity index (χ0v) is 15.8. The van der Waals surface area contributed by atoms with Crippen molar-refractivity contribution in [3.8, 4) is 0 Å². The van der Waals surface area contributed by atoms with Crippen molar-refractivity contribution in [2.24, 2.45) is 4.99 Å². The molecule has 2 aromatic rings. The summed E-state index contributed by atoms with van der Waals surface area (Å²) in [5.41, 5.74) is 13.5. The quantitative estimate of drug-likeness (QED) is 0.189. The van der Waals surface area contributed by atoms with Gasteiger partial charge < -0.3 is 10.8 Å². The number of hydrogen-bond acceptors (Lipinski definition) is 8. The van der Waals surface area contributed by atoms with Gasteiger partial charge in [-0.3, -0.25) is 10.3 Å². The highest BCUT2D eigenvalue weighted by Gasteiger charge is 2.19. The van der Waals surface area contributed by atoms with E-state index in [0.29, 0.717) is 17.1 Å². The molecule has 1 aromatic carbocycles. The number of nitrogens with one attached hydrogen (secondary N) is 3. The summed E-state index contributed by atoms with van der Waals surface area (Å²) < 4.78 is 13.0. The second-order valence-electron chi connectivity index (χ2n) is 5.79. The second-order valence-corrected chi connectivity index (χ2v) is 5.79. The number of halogens is 1. The minimum Gasteiger partial charge on any atom is -0.392 e. The van der Waals surface area contributed by atoms with Gasteiger partial charge in [-0.25, -0.2) is 25.2 Å². The van der Waals surface area contributed by atoms with Gasteiger partial charge in [0.2, 0.25) is 0 Å². The van der Waals surface area contributed by atoms with Crippen LogP contribution < -0.4 is 21.5 Å². The Morgan fingerprint density at radius 3 is 2.64 bits per heavy atom. The van der Waals surface area contributed by atoms with Gasteiger partial charge in [0.05, 0.1) is 18.5 Å². The van der Waals surface area contributed by atoms with E-state index in [1.165, 1.54) is 4.90 Å². The molecule has 0 spiro atoms. The maximum atomic E-state index is 13.0. The van der Waals surface area contributed by atoms with E-state index >= 15 is 0 Å². The van der Waals surface area contributed by atoms with E-state index in [4.69, 9.17) is 11.1 Å². The summed E-state index contributed by atoms with van der Waals surface area (Å²) >= 11 is 0. The fourth-order valence-electron chi connectivity index (χ4n) is 2.48. The standard InChI is InChI=1S/C18H25FN8O/c1-13(25-27(11-19)22-2)24-18(16-4-3-9-23-17(16)21)26(12-20)15-7-5-14(10-28)6-8-15/h3-9,12-13,20,22,25,28H,10-11H2,1-2H3,(H2,21,23)/b20-12?,24-18-/t13-/m0/s1. The second kappa shape index (κ2) is 10.4. The molecule has 1 heterocycles. The molecule has 0 saturated carbocycles. The van der Waals surface area contributed by atoms with Crippen LogP contribution in [0.5, 0.6) is 0 Å². The Morgan fingerprint density at radius 1 is 1.39 bits per heavy atom. The Balaban J connectivity index is 2.48. The van der Waals surface area contributed by atoms with Gasteiger partial charge in [-0.05, 0) is 36.8 Å². The number of benzene rings is 1. The molecular formula is C18H25FN8O. The Morgan fingerprint density at radius 2 is 2.11 bits per heavy atom. The van der Waals surface area contributed by atoms with E-state index in [2.05, 4.69) is 20.8 Å². The van der Waals surface area contributed by atoms with Crippen LogP contribution in [0, 0.1) is 5.41 Å². The van der Waals surface area contributed by atoms with Crippen LogP contribution in [-0.2, 0) is 6.61 Å². The largest absolute Gasteiger partial charge is 0.392 e. The smallest absolute Gasteiger partial charge is 0.169 e. The lowest BCUT2D eigenvalue weighted by atomic mass is 10.1. The number of nitrogen functional groups attached to an aromatic ring is 1. The van der Waals surface area contributed by atoms with Gasteiger partial charge in [0.25, 0.3) is 0 Å². The summed E-state index contributed by atoms with van der Waals surface area (Å²) in [6, 6.07) is 10.5. The summed E-state index contributed by atoms with van der Waals surface area (Å²) in [5, 5.41) is 18.3. The first-order valence-corrected chi connectivity index (χ1v) is 8.59. The maximum absolute atomic E-state index is 13.0. The van der Waals surface area contributed by atoms with E-state index < -0.39 is 13.0 Å². The number of pyridine rings is 1. The van der Waals surface area contributed by atoms with Crippen LogP contribution in [0.25, 0.3) is 0 Å². The van der Waals surface area contributed by atoms with Crippen molar-refractivity contribution in [2.75, 3.05) is 24.5 Å². The molecule has 0 unspecified atom stereocenters. The third kappa shape index (κ3) is 5.30. The van der Waals surface area contributed by atoms with Crippen LogP contribution in [0.1, 0.15) is 18.1 Å². The van der Waals surface area contributed by atoms with Crippen molar-refractivity contribution >= 4 is 23.7 Å². The number of nitrogens with zero attached hydrogens (tertiary/aromatic N) is 4. The number of rotatable bonds is 9. The number of anilines is 2. The summed E-state index contributed by atoms with van der Waals surface area (Å²) in [5.74, 6) is 0.621. The normalized spacial score (nSPS) is 12.8. The van der Waals surface area contributed by atoms with Crippen molar-refractivity contribution in [2.45, 2.75) is 19.7 Å². The number of nitrogens with two attached hydrogens (primary N) is 1. The van der Waals surface area contributed by atoms with Gasteiger partial charge in [-0.15, -0.1) is 5.12 Å². The molecule has 0 aliphatic carbocycles. The number of hydrogen-bond donors (Lipinski definition) is 5. The van der Waals surface area contributed by atoms with Crippen molar-refractivity contribution in [1.82, 2.24) is 21.0 Å².